The Morgan fingerprint density at radius 2 is 2.31 bits per heavy atom. The Labute approximate surface area is 93.6 Å². The van der Waals surface area contributed by atoms with E-state index in [9.17, 15) is 4.79 Å². The number of likely N-dealkylation sites (N-methyl/N-ethyl adjacent to an activating group) is 1. The number of nitrogen functional groups attached to an aromatic ring is 1. The van der Waals surface area contributed by atoms with Gasteiger partial charge in [-0.1, -0.05) is 0 Å². The van der Waals surface area contributed by atoms with E-state index in [-0.39, 0.29) is 17.1 Å². The fourth-order valence-corrected chi connectivity index (χ4v) is 1.08. The van der Waals surface area contributed by atoms with Gasteiger partial charge in [0, 0.05) is 12.7 Å². The Morgan fingerprint density at radius 1 is 1.62 bits per heavy atom. The van der Waals surface area contributed by atoms with Crippen LogP contribution in [0.2, 0.25) is 0 Å². The first kappa shape index (κ1) is 12.3. The summed E-state index contributed by atoms with van der Waals surface area (Å²) in [6.07, 6.45) is 1.37. The number of carbonyl (C=O) groups is 1. The topological polar surface area (TPSA) is 88.7 Å². The van der Waals surface area contributed by atoms with Gasteiger partial charge in [-0.05, 0) is 20.2 Å². The van der Waals surface area contributed by atoms with Crippen molar-refractivity contribution >= 4 is 11.7 Å². The smallest absolute Gasteiger partial charge is 0.338 e. The maximum absolute atomic E-state index is 10.8. The van der Waals surface area contributed by atoms with Crippen LogP contribution < -0.4 is 10.5 Å². The van der Waals surface area contributed by atoms with Crippen molar-refractivity contribution in [2.45, 2.75) is 0 Å². The molecular weight excluding hydrogens is 210 g/mol. The molecule has 0 saturated carbocycles. The van der Waals surface area contributed by atoms with E-state index in [0.29, 0.717) is 13.2 Å². The number of aromatic carboxylic acids is 1. The van der Waals surface area contributed by atoms with Crippen molar-refractivity contribution in [3.63, 3.8) is 0 Å². The first-order chi connectivity index (χ1) is 7.52. The molecule has 1 aromatic heterocycles. The van der Waals surface area contributed by atoms with Crippen LogP contribution in [0, 0.1) is 0 Å². The molecule has 0 amide bonds. The minimum atomic E-state index is -1.09. The van der Waals surface area contributed by atoms with Gasteiger partial charge < -0.3 is 20.5 Å². The predicted octanol–water partition coefficient (Wildman–Crippen LogP) is 0.302. The lowest BCUT2D eigenvalue weighted by Crippen LogP contribution is -2.20. The van der Waals surface area contributed by atoms with Crippen molar-refractivity contribution in [3.8, 4) is 5.88 Å². The Kier molecular flexibility index (Phi) is 4.07. The number of hydrogen-bond acceptors (Lipinski definition) is 5. The third-order valence-corrected chi connectivity index (χ3v) is 1.96. The van der Waals surface area contributed by atoms with Gasteiger partial charge in [-0.25, -0.2) is 9.78 Å². The van der Waals surface area contributed by atoms with Gasteiger partial charge in [0.2, 0.25) is 5.88 Å². The Morgan fingerprint density at radius 3 is 2.88 bits per heavy atom. The normalized spacial score (nSPS) is 10.4. The molecule has 6 heteroatoms. The molecule has 0 aliphatic heterocycles. The van der Waals surface area contributed by atoms with Crippen LogP contribution >= 0.6 is 0 Å². The quantitative estimate of drug-likeness (QED) is 0.749. The number of pyridine rings is 1. The number of ether oxygens (including phenoxy) is 1. The van der Waals surface area contributed by atoms with Crippen molar-refractivity contribution < 1.29 is 14.6 Å². The van der Waals surface area contributed by atoms with Crippen LogP contribution in [0.3, 0.4) is 0 Å². The zero-order chi connectivity index (χ0) is 12.1. The van der Waals surface area contributed by atoms with Crippen molar-refractivity contribution in [1.29, 1.82) is 0 Å². The fraction of sp³-hybridized carbons (Fsp3) is 0.400. The number of carboxylic acid groups (broad SMARTS) is 1. The van der Waals surface area contributed by atoms with Crippen LogP contribution in [0.5, 0.6) is 5.88 Å². The van der Waals surface area contributed by atoms with Gasteiger partial charge in [0.05, 0.1) is 5.56 Å². The van der Waals surface area contributed by atoms with Gasteiger partial charge in [-0.2, -0.15) is 0 Å². The second kappa shape index (κ2) is 5.32. The molecule has 0 fully saturated rings. The van der Waals surface area contributed by atoms with E-state index in [1.54, 1.807) is 0 Å². The third-order valence-electron chi connectivity index (χ3n) is 1.96. The van der Waals surface area contributed by atoms with Crippen molar-refractivity contribution in [2.24, 2.45) is 0 Å². The first-order valence-corrected chi connectivity index (χ1v) is 4.77. The Balaban J connectivity index is 2.73. The van der Waals surface area contributed by atoms with Crippen molar-refractivity contribution in [3.05, 3.63) is 17.8 Å². The maximum atomic E-state index is 10.8. The largest absolute Gasteiger partial charge is 0.478 e. The monoisotopic (exact) mass is 225 g/mol. The number of anilines is 1. The first-order valence-electron chi connectivity index (χ1n) is 4.77. The standard InChI is InChI=1S/C10H15N3O3/c1-13(2)5-6-16-9-8(11)7(10(14)15)3-4-12-9/h3-4H,5-6,11H2,1-2H3,(H,14,15). The number of aromatic nitrogens is 1. The van der Waals surface area contributed by atoms with Gasteiger partial charge in [0.25, 0.3) is 0 Å². The molecule has 0 atom stereocenters. The average molecular weight is 225 g/mol. The van der Waals surface area contributed by atoms with E-state index in [1.165, 1.54) is 12.3 Å². The molecule has 6 nitrogen and oxygen atoms in total. The minimum Gasteiger partial charge on any atom is -0.478 e. The third kappa shape index (κ3) is 3.09. The molecule has 0 aliphatic carbocycles. The van der Waals surface area contributed by atoms with E-state index in [2.05, 4.69) is 4.98 Å². The maximum Gasteiger partial charge on any atom is 0.338 e. The van der Waals surface area contributed by atoms with Gasteiger partial charge >= 0.3 is 5.97 Å². The lowest BCUT2D eigenvalue weighted by Gasteiger charge is -2.12. The van der Waals surface area contributed by atoms with E-state index in [0.717, 1.165) is 0 Å². The highest BCUT2D eigenvalue weighted by molar-refractivity contribution is 5.94. The van der Waals surface area contributed by atoms with Crippen LogP contribution in [-0.2, 0) is 0 Å². The molecule has 0 spiro atoms. The highest BCUT2D eigenvalue weighted by atomic mass is 16.5. The summed E-state index contributed by atoms with van der Waals surface area (Å²) < 4.78 is 5.30. The molecule has 1 rings (SSSR count). The summed E-state index contributed by atoms with van der Waals surface area (Å²) in [6, 6.07) is 1.34. The molecule has 0 aromatic carbocycles. The molecule has 0 radical (unpaired) electrons. The summed E-state index contributed by atoms with van der Waals surface area (Å²) in [5.41, 5.74) is 5.69. The summed E-state index contributed by atoms with van der Waals surface area (Å²) in [4.78, 5) is 16.6. The number of carboxylic acids is 1. The predicted molar refractivity (Wildman–Crippen MR) is 59.7 cm³/mol. The van der Waals surface area contributed by atoms with Crippen molar-refractivity contribution in [1.82, 2.24) is 9.88 Å². The molecule has 1 heterocycles. The van der Waals surface area contributed by atoms with Crippen LogP contribution in [0.1, 0.15) is 10.4 Å². The molecule has 3 N–H and O–H groups in total. The van der Waals surface area contributed by atoms with Gasteiger partial charge in [0.1, 0.15) is 12.3 Å². The molecule has 0 unspecified atom stereocenters. The van der Waals surface area contributed by atoms with Crippen molar-refractivity contribution in [2.75, 3.05) is 33.0 Å². The molecule has 88 valence electrons. The second-order valence-electron chi connectivity index (χ2n) is 3.53. The average Bonchev–Trinajstić information content (AvgIpc) is 2.19. The molecule has 1 aromatic rings. The molecular formula is C10H15N3O3. The van der Waals surface area contributed by atoms with Crippen LogP contribution in [0.15, 0.2) is 12.3 Å². The van der Waals surface area contributed by atoms with E-state index < -0.39 is 5.97 Å². The van der Waals surface area contributed by atoms with E-state index >= 15 is 0 Å². The summed E-state index contributed by atoms with van der Waals surface area (Å²) in [5, 5.41) is 8.83. The van der Waals surface area contributed by atoms with E-state index in [4.69, 9.17) is 15.6 Å². The Hall–Kier alpha value is -1.82. The van der Waals surface area contributed by atoms with Crippen LogP contribution in [-0.4, -0.2) is 48.2 Å². The Bertz CT molecular complexity index is 380. The number of hydrogen-bond donors (Lipinski definition) is 2. The molecule has 0 aliphatic rings. The van der Waals surface area contributed by atoms with Gasteiger partial charge in [-0.3, -0.25) is 0 Å². The highest BCUT2D eigenvalue weighted by Crippen LogP contribution is 2.21. The minimum absolute atomic E-state index is 0.00912. The lowest BCUT2D eigenvalue weighted by molar-refractivity contribution is 0.0697. The summed E-state index contributed by atoms with van der Waals surface area (Å²) >= 11 is 0. The number of nitrogens with zero attached hydrogens (tertiary/aromatic N) is 2. The highest BCUT2D eigenvalue weighted by Gasteiger charge is 2.12. The molecule has 16 heavy (non-hydrogen) atoms. The number of nitrogens with two attached hydrogens (primary N) is 1. The summed E-state index contributed by atoms with van der Waals surface area (Å²) in [5.74, 6) is -0.917. The van der Waals surface area contributed by atoms with E-state index in [1.807, 2.05) is 19.0 Å². The fourth-order valence-electron chi connectivity index (χ4n) is 1.08. The zero-order valence-electron chi connectivity index (χ0n) is 9.30. The SMILES string of the molecule is CN(C)CCOc1nccc(C(=O)O)c1N. The molecule has 0 saturated heterocycles. The summed E-state index contributed by atoms with van der Waals surface area (Å²) in [7, 11) is 3.82. The zero-order valence-corrected chi connectivity index (χ0v) is 9.30. The lowest BCUT2D eigenvalue weighted by atomic mass is 10.2. The van der Waals surface area contributed by atoms with Gasteiger partial charge in [-0.15, -0.1) is 0 Å². The van der Waals surface area contributed by atoms with Crippen LogP contribution in [0.25, 0.3) is 0 Å². The second-order valence-corrected chi connectivity index (χ2v) is 3.53. The number of rotatable bonds is 5. The summed E-state index contributed by atoms with van der Waals surface area (Å²) in [6.45, 7) is 1.12. The van der Waals surface area contributed by atoms with Crippen LogP contribution in [0.4, 0.5) is 5.69 Å². The van der Waals surface area contributed by atoms with Gasteiger partial charge in [0.15, 0.2) is 0 Å². The molecule has 0 bridgehead atoms.